The van der Waals surface area contributed by atoms with Crippen LogP contribution in [0.25, 0.3) is 22.4 Å². The summed E-state index contributed by atoms with van der Waals surface area (Å²) in [6.07, 6.45) is 1.68. The van der Waals surface area contributed by atoms with Gasteiger partial charge in [-0.3, -0.25) is 0 Å². The van der Waals surface area contributed by atoms with Gasteiger partial charge in [0.15, 0.2) is 5.82 Å². The van der Waals surface area contributed by atoms with Crippen LogP contribution >= 0.6 is 0 Å². The van der Waals surface area contributed by atoms with Crippen LogP contribution in [0.4, 0.5) is 11.8 Å². The number of aliphatic hydroxyl groups excluding tert-OH is 1. The van der Waals surface area contributed by atoms with E-state index in [1.54, 1.807) is 12.3 Å². The average Bonchev–Trinajstić information content (AvgIpc) is 3.03. The lowest BCUT2D eigenvalue weighted by Gasteiger charge is -2.20. The molecule has 2 atom stereocenters. The second-order valence-corrected chi connectivity index (χ2v) is 6.81. The Bertz CT molecular complexity index is 1180. The number of nitrogens with zero attached hydrogens (tertiary/aromatic N) is 4. The lowest BCUT2D eigenvalue weighted by molar-refractivity contribution is 0.165. The standard InChI is InChI=1S/C21H18N6O/c22-21-23-10-9-16(25-21)20-24-15-8-4-3-7-14(15)19(27-20)26-18-13-6-2-1-5-12(13)11-17(18)28/h1-10,17-18,28H,11H2,(H2,22,23,25)(H,24,26,27)/t17-,18?/m1/s1. The van der Waals surface area contributed by atoms with Gasteiger partial charge in [-0.15, -0.1) is 0 Å². The maximum atomic E-state index is 10.6. The Hall–Kier alpha value is -3.58. The molecular weight excluding hydrogens is 352 g/mol. The molecule has 0 saturated carbocycles. The van der Waals surface area contributed by atoms with Crippen molar-refractivity contribution >= 4 is 22.7 Å². The van der Waals surface area contributed by atoms with E-state index < -0.39 is 6.10 Å². The van der Waals surface area contributed by atoms with E-state index in [9.17, 15) is 5.11 Å². The lowest BCUT2D eigenvalue weighted by atomic mass is 10.1. The zero-order valence-electron chi connectivity index (χ0n) is 14.9. The van der Waals surface area contributed by atoms with Crippen LogP contribution in [-0.4, -0.2) is 31.1 Å². The smallest absolute Gasteiger partial charge is 0.220 e. The highest BCUT2D eigenvalue weighted by Crippen LogP contribution is 2.35. The van der Waals surface area contributed by atoms with Crippen molar-refractivity contribution in [2.45, 2.75) is 18.6 Å². The molecule has 2 aromatic heterocycles. The van der Waals surface area contributed by atoms with E-state index in [0.717, 1.165) is 22.0 Å². The van der Waals surface area contributed by atoms with Crippen molar-refractivity contribution in [1.82, 2.24) is 19.9 Å². The molecule has 1 aliphatic carbocycles. The molecule has 1 aliphatic rings. The highest BCUT2D eigenvalue weighted by atomic mass is 16.3. The molecule has 28 heavy (non-hydrogen) atoms. The molecule has 1 unspecified atom stereocenters. The van der Waals surface area contributed by atoms with Gasteiger partial charge in [0.1, 0.15) is 11.5 Å². The summed E-state index contributed by atoms with van der Waals surface area (Å²) in [4.78, 5) is 17.5. The normalized spacial score (nSPS) is 18.2. The number of para-hydroxylation sites is 1. The van der Waals surface area contributed by atoms with E-state index >= 15 is 0 Å². The van der Waals surface area contributed by atoms with Crippen LogP contribution in [-0.2, 0) is 6.42 Å². The highest BCUT2D eigenvalue weighted by Gasteiger charge is 2.31. The van der Waals surface area contributed by atoms with Gasteiger partial charge in [-0.05, 0) is 29.3 Å². The molecule has 5 rings (SSSR count). The Morgan fingerprint density at radius 1 is 0.964 bits per heavy atom. The summed E-state index contributed by atoms with van der Waals surface area (Å²) < 4.78 is 0. The van der Waals surface area contributed by atoms with E-state index in [1.165, 1.54) is 0 Å². The fourth-order valence-corrected chi connectivity index (χ4v) is 3.69. The molecule has 0 bridgehead atoms. The van der Waals surface area contributed by atoms with Gasteiger partial charge >= 0.3 is 0 Å². The largest absolute Gasteiger partial charge is 0.390 e. The van der Waals surface area contributed by atoms with Gasteiger partial charge in [0, 0.05) is 18.0 Å². The summed E-state index contributed by atoms with van der Waals surface area (Å²) in [6, 6.07) is 17.3. The molecule has 2 heterocycles. The third kappa shape index (κ3) is 2.82. The monoisotopic (exact) mass is 370 g/mol. The van der Waals surface area contributed by atoms with Crippen LogP contribution in [0.15, 0.2) is 60.8 Å². The Morgan fingerprint density at radius 3 is 2.68 bits per heavy atom. The second kappa shape index (κ2) is 6.54. The quantitative estimate of drug-likeness (QED) is 0.508. The summed E-state index contributed by atoms with van der Waals surface area (Å²) in [6.45, 7) is 0. The van der Waals surface area contributed by atoms with Crippen molar-refractivity contribution in [2.24, 2.45) is 0 Å². The van der Waals surface area contributed by atoms with Crippen LogP contribution < -0.4 is 11.1 Å². The molecule has 7 nitrogen and oxygen atoms in total. The van der Waals surface area contributed by atoms with Crippen LogP contribution in [0.1, 0.15) is 17.2 Å². The van der Waals surface area contributed by atoms with Crippen molar-refractivity contribution in [2.75, 3.05) is 11.1 Å². The molecule has 7 heteroatoms. The lowest BCUT2D eigenvalue weighted by Crippen LogP contribution is -2.22. The van der Waals surface area contributed by atoms with Gasteiger partial charge in [-0.25, -0.2) is 19.9 Å². The third-order valence-corrected chi connectivity index (χ3v) is 5.00. The Balaban J connectivity index is 1.63. The number of aliphatic hydroxyl groups is 1. The van der Waals surface area contributed by atoms with Crippen molar-refractivity contribution in [3.8, 4) is 11.5 Å². The molecule has 0 spiro atoms. The first-order valence-corrected chi connectivity index (χ1v) is 9.07. The molecule has 138 valence electrons. The predicted molar refractivity (Wildman–Crippen MR) is 107 cm³/mol. The summed E-state index contributed by atoms with van der Waals surface area (Å²) in [5.41, 5.74) is 9.29. The van der Waals surface area contributed by atoms with Crippen LogP contribution in [0.5, 0.6) is 0 Å². The molecule has 0 fully saturated rings. The van der Waals surface area contributed by atoms with Gasteiger partial charge in [-0.1, -0.05) is 36.4 Å². The van der Waals surface area contributed by atoms with E-state index in [1.807, 2.05) is 48.5 Å². The molecule has 4 N–H and O–H groups in total. The molecule has 2 aromatic carbocycles. The molecule has 0 amide bonds. The fourth-order valence-electron chi connectivity index (χ4n) is 3.69. The van der Waals surface area contributed by atoms with Crippen molar-refractivity contribution in [3.63, 3.8) is 0 Å². The summed E-state index contributed by atoms with van der Waals surface area (Å²) in [5.74, 6) is 1.28. The highest BCUT2D eigenvalue weighted by molar-refractivity contribution is 5.90. The molecule has 0 aliphatic heterocycles. The molecular formula is C21H18N6O. The van der Waals surface area contributed by atoms with E-state index in [0.29, 0.717) is 23.8 Å². The predicted octanol–water partition coefficient (Wildman–Crippen LogP) is 2.74. The van der Waals surface area contributed by atoms with E-state index in [4.69, 9.17) is 10.7 Å². The van der Waals surface area contributed by atoms with Crippen molar-refractivity contribution < 1.29 is 5.11 Å². The first-order valence-electron chi connectivity index (χ1n) is 9.07. The fraction of sp³-hybridized carbons (Fsp3) is 0.143. The van der Waals surface area contributed by atoms with Gasteiger partial charge in [0.05, 0.1) is 17.7 Å². The van der Waals surface area contributed by atoms with Crippen LogP contribution in [0.3, 0.4) is 0 Å². The summed E-state index contributed by atoms with van der Waals surface area (Å²) in [5, 5.41) is 14.9. The SMILES string of the molecule is Nc1nccc(-c2nc(NC3c4ccccc4C[C@H]3O)c3ccccc3n2)n1. The Kier molecular flexibility index (Phi) is 3.87. The van der Waals surface area contributed by atoms with Gasteiger partial charge in [0.2, 0.25) is 5.95 Å². The zero-order valence-corrected chi connectivity index (χ0v) is 14.9. The number of aromatic nitrogens is 4. The Labute approximate surface area is 161 Å². The van der Waals surface area contributed by atoms with E-state index in [-0.39, 0.29) is 12.0 Å². The Morgan fingerprint density at radius 2 is 1.79 bits per heavy atom. The maximum Gasteiger partial charge on any atom is 0.220 e. The number of hydrogen-bond donors (Lipinski definition) is 3. The summed E-state index contributed by atoms with van der Waals surface area (Å²) >= 11 is 0. The first-order chi connectivity index (χ1) is 13.7. The number of nitrogen functional groups attached to an aromatic ring is 1. The van der Waals surface area contributed by atoms with Gasteiger partial charge in [0.25, 0.3) is 0 Å². The number of nitrogens with two attached hydrogens (primary N) is 1. The maximum absolute atomic E-state index is 10.6. The number of fused-ring (bicyclic) bond motifs is 2. The van der Waals surface area contributed by atoms with Crippen molar-refractivity contribution in [3.05, 3.63) is 71.9 Å². The molecule has 0 saturated heterocycles. The third-order valence-electron chi connectivity index (χ3n) is 5.00. The number of anilines is 2. The van der Waals surface area contributed by atoms with Crippen LogP contribution in [0, 0.1) is 0 Å². The molecule has 0 radical (unpaired) electrons. The minimum absolute atomic E-state index is 0.170. The minimum atomic E-state index is -0.524. The van der Waals surface area contributed by atoms with Gasteiger partial charge < -0.3 is 16.2 Å². The van der Waals surface area contributed by atoms with Gasteiger partial charge in [-0.2, -0.15) is 0 Å². The van der Waals surface area contributed by atoms with E-state index in [2.05, 4.69) is 20.3 Å². The van der Waals surface area contributed by atoms with Crippen LogP contribution in [0.2, 0.25) is 0 Å². The number of nitrogens with one attached hydrogen (secondary N) is 1. The summed E-state index contributed by atoms with van der Waals surface area (Å²) in [7, 11) is 0. The second-order valence-electron chi connectivity index (χ2n) is 6.81. The van der Waals surface area contributed by atoms with Crippen molar-refractivity contribution in [1.29, 1.82) is 0 Å². The number of rotatable bonds is 3. The average molecular weight is 370 g/mol. The first kappa shape index (κ1) is 16.6. The minimum Gasteiger partial charge on any atom is -0.390 e. The number of benzene rings is 2. The molecule has 4 aromatic rings. The number of hydrogen-bond acceptors (Lipinski definition) is 7. The zero-order chi connectivity index (χ0) is 19.1. The topological polar surface area (TPSA) is 110 Å².